The standard InChI is InChI=1S/C11H15BrN2O2/c1-3-16-11(15)7(2)14-10-5-4-8(12)6-9(10)13/h4-7,14H,3,13H2,1-2H3. The maximum atomic E-state index is 11.4. The second kappa shape index (κ2) is 5.75. The molecule has 4 nitrogen and oxygen atoms in total. The van der Waals surface area contributed by atoms with Gasteiger partial charge in [0.1, 0.15) is 6.04 Å². The summed E-state index contributed by atoms with van der Waals surface area (Å²) in [6, 6.07) is 5.04. The van der Waals surface area contributed by atoms with E-state index in [9.17, 15) is 4.79 Å². The van der Waals surface area contributed by atoms with Crippen molar-refractivity contribution < 1.29 is 9.53 Å². The number of nitrogens with one attached hydrogen (secondary N) is 1. The Morgan fingerprint density at radius 1 is 1.62 bits per heavy atom. The summed E-state index contributed by atoms with van der Waals surface area (Å²) in [7, 11) is 0. The van der Waals surface area contributed by atoms with E-state index < -0.39 is 6.04 Å². The lowest BCUT2D eigenvalue weighted by atomic mass is 10.2. The summed E-state index contributed by atoms with van der Waals surface area (Å²) in [4.78, 5) is 11.4. The molecule has 16 heavy (non-hydrogen) atoms. The van der Waals surface area contributed by atoms with Crippen LogP contribution in [0.4, 0.5) is 11.4 Å². The van der Waals surface area contributed by atoms with Crippen LogP contribution < -0.4 is 11.1 Å². The van der Waals surface area contributed by atoms with Gasteiger partial charge in [0, 0.05) is 4.47 Å². The summed E-state index contributed by atoms with van der Waals surface area (Å²) in [6.07, 6.45) is 0. The molecule has 0 bridgehead atoms. The highest BCUT2D eigenvalue weighted by molar-refractivity contribution is 9.10. The van der Waals surface area contributed by atoms with Crippen LogP contribution in [0.3, 0.4) is 0 Å². The van der Waals surface area contributed by atoms with Crippen molar-refractivity contribution in [3.8, 4) is 0 Å². The number of anilines is 2. The molecule has 0 amide bonds. The minimum absolute atomic E-state index is 0.287. The third-order valence-corrected chi connectivity index (χ3v) is 2.52. The minimum atomic E-state index is -0.413. The van der Waals surface area contributed by atoms with E-state index in [1.165, 1.54) is 0 Å². The second-order valence-corrected chi connectivity index (χ2v) is 4.27. The van der Waals surface area contributed by atoms with Crippen molar-refractivity contribution in [1.82, 2.24) is 0 Å². The van der Waals surface area contributed by atoms with E-state index in [2.05, 4.69) is 21.2 Å². The van der Waals surface area contributed by atoms with E-state index in [1.54, 1.807) is 19.9 Å². The van der Waals surface area contributed by atoms with Gasteiger partial charge in [0.25, 0.3) is 0 Å². The van der Waals surface area contributed by atoms with E-state index in [4.69, 9.17) is 10.5 Å². The van der Waals surface area contributed by atoms with Crippen LogP contribution in [0.15, 0.2) is 22.7 Å². The summed E-state index contributed by atoms with van der Waals surface area (Å²) < 4.78 is 5.79. The molecule has 88 valence electrons. The first-order chi connectivity index (χ1) is 7.54. The van der Waals surface area contributed by atoms with Crippen LogP contribution in [0.2, 0.25) is 0 Å². The van der Waals surface area contributed by atoms with Crippen molar-refractivity contribution in [1.29, 1.82) is 0 Å². The van der Waals surface area contributed by atoms with E-state index in [0.717, 1.165) is 10.2 Å². The summed E-state index contributed by atoms with van der Waals surface area (Å²) >= 11 is 3.32. The Hall–Kier alpha value is -1.23. The van der Waals surface area contributed by atoms with Crippen molar-refractivity contribution in [2.45, 2.75) is 19.9 Å². The SMILES string of the molecule is CCOC(=O)C(C)Nc1ccc(Br)cc1N. The highest BCUT2D eigenvalue weighted by Crippen LogP contribution is 2.23. The summed E-state index contributed by atoms with van der Waals surface area (Å²) in [5.41, 5.74) is 7.11. The predicted molar refractivity (Wildman–Crippen MR) is 68.3 cm³/mol. The van der Waals surface area contributed by atoms with Crippen LogP contribution in [0.1, 0.15) is 13.8 Å². The molecule has 5 heteroatoms. The highest BCUT2D eigenvalue weighted by atomic mass is 79.9. The zero-order chi connectivity index (χ0) is 12.1. The van der Waals surface area contributed by atoms with Gasteiger partial charge in [-0.1, -0.05) is 15.9 Å². The number of ether oxygens (including phenoxy) is 1. The van der Waals surface area contributed by atoms with Gasteiger partial charge in [0.2, 0.25) is 0 Å². The van der Waals surface area contributed by atoms with Gasteiger partial charge in [-0.2, -0.15) is 0 Å². The van der Waals surface area contributed by atoms with E-state index >= 15 is 0 Å². The number of rotatable bonds is 4. The molecule has 1 unspecified atom stereocenters. The van der Waals surface area contributed by atoms with Crippen molar-refractivity contribution >= 4 is 33.3 Å². The van der Waals surface area contributed by atoms with Gasteiger partial charge in [-0.25, -0.2) is 4.79 Å². The lowest BCUT2D eigenvalue weighted by Crippen LogP contribution is -2.28. The number of carbonyl (C=O) groups is 1. The van der Waals surface area contributed by atoms with Gasteiger partial charge < -0.3 is 15.8 Å². The van der Waals surface area contributed by atoms with Crippen molar-refractivity contribution in [2.24, 2.45) is 0 Å². The molecular formula is C11H15BrN2O2. The first kappa shape index (κ1) is 12.8. The molecule has 1 rings (SSSR count). The topological polar surface area (TPSA) is 64.3 Å². The molecule has 1 atom stereocenters. The summed E-state index contributed by atoms with van der Waals surface area (Å²) in [5.74, 6) is -0.287. The quantitative estimate of drug-likeness (QED) is 0.659. The van der Waals surface area contributed by atoms with E-state index in [-0.39, 0.29) is 5.97 Å². The molecule has 0 aliphatic carbocycles. The van der Waals surface area contributed by atoms with Crippen LogP contribution in [-0.4, -0.2) is 18.6 Å². The third-order valence-electron chi connectivity index (χ3n) is 2.03. The smallest absolute Gasteiger partial charge is 0.328 e. The first-order valence-electron chi connectivity index (χ1n) is 5.02. The number of hydrogen-bond acceptors (Lipinski definition) is 4. The first-order valence-corrected chi connectivity index (χ1v) is 5.82. The number of esters is 1. The number of nitrogens with two attached hydrogens (primary N) is 1. The number of carbonyl (C=O) groups excluding carboxylic acids is 1. The molecule has 0 aliphatic rings. The Kier molecular flexibility index (Phi) is 4.61. The molecule has 1 aromatic rings. The molecule has 0 fully saturated rings. The molecule has 0 radical (unpaired) electrons. The average molecular weight is 287 g/mol. The molecule has 3 N–H and O–H groups in total. The number of benzene rings is 1. The summed E-state index contributed by atoms with van der Waals surface area (Å²) in [5, 5.41) is 3.00. The van der Waals surface area contributed by atoms with Gasteiger partial charge in [-0.15, -0.1) is 0 Å². The van der Waals surface area contributed by atoms with Crippen LogP contribution in [-0.2, 0) is 9.53 Å². The minimum Gasteiger partial charge on any atom is -0.464 e. The maximum absolute atomic E-state index is 11.4. The third kappa shape index (κ3) is 3.41. The number of halogens is 1. The van der Waals surface area contributed by atoms with Crippen LogP contribution in [0.5, 0.6) is 0 Å². The number of nitrogen functional groups attached to an aromatic ring is 1. The molecule has 1 aromatic carbocycles. The zero-order valence-corrected chi connectivity index (χ0v) is 10.9. The van der Waals surface area contributed by atoms with Gasteiger partial charge in [-0.05, 0) is 32.0 Å². The lowest BCUT2D eigenvalue weighted by molar-refractivity contribution is -0.143. The summed E-state index contributed by atoms with van der Waals surface area (Å²) in [6.45, 7) is 3.89. The van der Waals surface area contributed by atoms with Gasteiger partial charge >= 0.3 is 5.97 Å². The Bertz CT molecular complexity index is 382. The fraction of sp³-hybridized carbons (Fsp3) is 0.364. The molecule has 0 aliphatic heterocycles. The molecule has 0 aromatic heterocycles. The highest BCUT2D eigenvalue weighted by Gasteiger charge is 2.14. The largest absolute Gasteiger partial charge is 0.464 e. The molecule has 0 saturated heterocycles. The van der Waals surface area contributed by atoms with E-state index in [1.807, 2.05) is 12.1 Å². The lowest BCUT2D eigenvalue weighted by Gasteiger charge is -2.15. The normalized spacial score (nSPS) is 11.9. The van der Waals surface area contributed by atoms with Crippen molar-refractivity contribution in [3.05, 3.63) is 22.7 Å². The fourth-order valence-electron chi connectivity index (χ4n) is 1.22. The predicted octanol–water partition coefficient (Wildman–Crippen LogP) is 2.39. The van der Waals surface area contributed by atoms with Crippen LogP contribution in [0, 0.1) is 0 Å². The Morgan fingerprint density at radius 3 is 2.88 bits per heavy atom. The Balaban J connectivity index is 2.69. The molecule has 0 heterocycles. The Labute approximate surface area is 103 Å². The second-order valence-electron chi connectivity index (χ2n) is 3.35. The maximum Gasteiger partial charge on any atom is 0.328 e. The fourth-order valence-corrected chi connectivity index (χ4v) is 1.60. The average Bonchev–Trinajstić information content (AvgIpc) is 2.22. The number of hydrogen-bond donors (Lipinski definition) is 2. The molecular weight excluding hydrogens is 272 g/mol. The van der Waals surface area contributed by atoms with E-state index in [0.29, 0.717) is 12.3 Å². The van der Waals surface area contributed by atoms with Gasteiger partial charge in [0.05, 0.1) is 18.0 Å². The monoisotopic (exact) mass is 286 g/mol. The molecule has 0 spiro atoms. The van der Waals surface area contributed by atoms with Crippen LogP contribution >= 0.6 is 15.9 Å². The van der Waals surface area contributed by atoms with Crippen molar-refractivity contribution in [2.75, 3.05) is 17.7 Å². The zero-order valence-electron chi connectivity index (χ0n) is 9.29. The van der Waals surface area contributed by atoms with Crippen LogP contribution in [0.25, 0.3) is 0 Å². The van der Waals surface area contributed by atoms with Gasteiger partial charge in [-0.3, -0.25) is 0 Å². The van der Waals surface area contributed by atoms with Crippen molar-refractivity contribution in [3.63, 3.8) is 0 Å². The Morgan fingerprint density at radius 2 is 2.31 bits per heavy atom. The molecule has 0 saturated carbocycles. The van der Waals surface area contributed by atoms with Gasteiger partial charge in [0.15, 0.2) is 0 Å².